The number of carbonyl (C=O) groups excluding carboxylic acids is 1. The Hall–Kier alpha value is -1.75. The van der Waals surface area contributed by atoms with Crippen molar-refractivity contribution in [3.8, 4) is 0 Å². The zero-order valence-electron chi connectivity index (χ0n) is 10.2. The summed E-state index contributed by atoms with van der Waals surface area (Å²) in [6, 6.07) is 4.63. The highest BCUT2D eigenvalue weighted by Crippen LogP contribution is 2.24. The van der Waals surface area contributed by atoms with E-state index in [9.17, 15) is 9.18 Å². The number of aromatic nitrogens is 1. The van der Waals surface area contributed by atoms with Crippen molar-refractivity contribution in [3.05, 3.63) is 45.7 Å². The van der Waals surface area contributed by atoms with Crippen molar-refractivity contribution >= 4 is 23.3 Å². The Bertz CT molecular complexity index is 568. The second kappa shape index (κ2) is 5.27. The summed E-state index contributed by atoms with van der Waals surface area (Å²) in [6.45, 7) is 2.55. The van der Waals surface area contributed by atoms with Gasteiger partial charge in [0, 0.05) is 11.9 Å². The van der Waals surface area contributed by atoms with E-state index in [0.717, 1.165) is 10.6 Å². The van der Waals surface area contributed by atoms with Gasteiger partial charge in [-0.1, -0.05) is 6.07 Å². The first-order valence-electron chi connectivity index (χ1n) is 5.47. The molecular formula is C13H13FN2OS. The quantitative estimate of drug-likeness (QED) is 0.796. The standard InChI is InChI=1S/C13H13FN2OS/c1-9-13(18-8-15-9)6-16(2)12-5-3-4-11(14)10(12)7-17/h3-5,7-8H,6H2,1-2H3. The molecule has 0 atom stereocenters. The minimum absolute atomic E-state index is 0.0992. The zero-order chi connectivity index (χ0) is 13.1. The zero-order valence-corrected chi connectivity index (χ0v) is 11.0. The second-order valence-electron chi connectivity index (χ2n) is 4.01. The lowest BCUT2D eigenvalue weighted by Gasteiger charge is -2.20. The Morgan fingerprint density at radius 2 is 2.28 bits per heavy atom. The van der Waals surface area contributed by atoms with Crippen LogP contribution in [0.2, 0.25) is 0 Å². The van der Waals surface area contributed by atoms with E-state index in [0.29, 0.717) is 18.5 Å². The lowest BCUT2D eigenvalue weighted by atomic mass is 10.1. The van der Waals surface area contributed by atoms with Gasteiger partial charge in [0.05, 0.1) is 29.0 Å². The van der Waals surface area contributed by atoms with Gasteiger partial charge in [0.25, 0.3) is 0 Å². The second-order valence-corrected chi connectivity index (χ2v) is 4.95. The smallest absolute Gasteiger partial charge is 0.155 e. The fourth-order valence-electron chi connectivity index (χ4n) is 1.75. The highest BCUT2D eigenvalue weighted by atomic mass is 32.1. The van der Waals surface area contributed by atoms with E-state index in [1.807, 2.05) is 18.9 Å². The van der Waals surface area contributed by atoms with Crippen molar-refractivity contribution in [2.24, 2.45) is 0 Å². The van der Waals surface area contributed by atoms with Gasteiger partial charge in [-0.25, -0.2) is 9.37 Å². The third-order valence-electron chi connectivity index (χ3n) is 2.78. The Morgan fingerprint density at radius 1 is 1.50 bits per heavy atom. The van der Waals surface area contributed by atoms with Gasteiger partial charge in [-0.3, -0.25) is 4.79 Å². The molecule has 0 aliphatic rings. The van der Waals surface area contributed by atoms with Crippen LogP contribution in [0.1, 0.15) is 20.9 Å². The molecule has 0 bridgehead atoms. The third kappa shape index (κ3) is 2.41. The van der Waals surface area contributed by atoms with Gasteiger partial charge in [-0.15, -0.1) is 11.3 Å². The average molecular weight is 264 g/mol. The number of halogens is 1. The SMILES string of the molecule is Cc1ncsc1CN(C)c1cccc(F)c1C=O. The number of hydrogen-bond donors (Lipinski definition) is 0. The first-order valence-corrected chi connectivity index (χ1v) is 6.35. The molecule has 1 heterocycles. The van der Waals surface area contributed by atoms with Crippen LogP contribution in [0, 0.1) is 12.7 Å². The van der Waals surface area contributed by atoms with E-state index in [2.05, 4.69) is 4.98 Å². The van der Waals surface area contributed by atoms with Crippen LogP contribution < -0.4 is 4.90 Å². The predicted molar refractivity (Wildman–Crippen MR) is 70.7 cm³/mol. The first kappa shape index (κ1) is 12.7. The van der Waals surface area contributed by atoms with Gasteiger partial charge >= 0.3 is 0 Å². The molecule has 0 saturated carbocycles. The van der Waals surface area contributed by atoms with Crippen molar-refractivity contribution in [1.29, 1.82) is 0 Å². The summed E-state index contributed by atoms with van der Waals surface area (Å²) in [5.74, 6) is -0.490. The number of anilines is 1. The third-order valence-corrected chi connectivity index (χ3v) is 3.70. The van der Waals surface area contributed by atoms with Gasteiger partial charge in [-0.05, 0) is 19.1 Å². The monoisotopic (exact) mass is 264 g/mol. The van der Waals surface area contributed by atoms with Crippen LogP contribution in [-0.4, -0.2) is 18.3 Å². The molecule has 0 amide bonds. The summed E-state index contributed by atoms with van der Waals surface area (Å²) in [7, 11) is 1.83. The van der Waals surface area contributed by atoms with Crippen LogP contribution in [0.15, 0.2) is 23.7 Å². The normalized spacial score (nSPS) is 10.4. The Labute approximate surface area is 109 Å². The predicted octanol–water partition coefficient (Wildman–Crippen LogP) is 3.04. The van der Waals surface area contributed by atoms with Crippen LogP contribution in [0.3, 0.4) is 0 Å². The molecule has 0 saturated heterocycles. The van der Waals surface area contributed by atoms with E-state index in [1.165, 1.54) is 6.07 Å². The molecule has 2 rings (SSSR count). The maximum absolute atomic E-state index is 13.5. The van der Waals surface area contributed by atoms with Gasteiger partial charge in [0.2, 0.25) is 0 Å². The number of benzene rings is 1. The number of rotatable bonds is 4. The minimum Gasteiger partial charge on any atom is -0.369 e. The summed E-state index contributed by atoms with van der Waals surface area (Å²) in [4.78, 5) is 18.1. The van der Waals surface area contributed by atoms with E-state index >= 15 is 0 Å². The van der Waals surface area contributed by atoms with Crippen LogP contribution in [-0.2, 0) is 6.54 Å². The van der Waals surface area contributed by atoms with Gasteiger partial charge in [0.1, 0.15) is 5.82 Å². The van der Waals surface area contributed by atoms with Crippen molar-refractivity contribution < 1.29 is 9.18 Å². The van der Waals surface area contributed by atoms with E-state index < -0.39 is 5.82 Å². The van der Waals surface area contributed by atoms with Gasteiger partial charge in [-0.2, -0.15) is 0 Å². The lowest BCUT2D eigenvalue weighted by Crippen LogP contribution is -2.18. The van der Waals surface area contributed by atoms with Gasteiger partial charge in [0.15, 0.2) is 6.29 Å². The number of nitrogens with zero attached hydrogens (tertiary/aromatic N) is 2. The maximum atomic E-state index is 13.5. The number of thiazole rings is 1. The number of hydrogen-bond acceptors (Lipinski definition) is 4. The number of carbonyl (C=O) groups is 1. The lowest BCUT2D eigenvalue weighted by molar-refractivity contribution is 0.112. The summed E-state index contributed by atoms with van der Waals surface area (Å²) >= 11 is 1.56. The van der Waals surface area contributed by atoms with Crippen LogP contribution >= 0.6 is 11.3 Å². The molecule has 0 unspecified atom stereocenters. The molecule has 94 valence electrons. The molecule has 2 aromatic rings. The molecule has 3 nitrogen and oxygen atoms in total. The Balaban J connectivity index is 2.29. The molecule has 18 heavy (non-hydrogen) atoms. The highest BCUT2D eigenvalue weighted by Gasteiger charge is 2.13. The molecule has 0 radical (unpaired) electrons. The molecule has 1 aromatic carbocycles. The summed E-state index contributed by atoms with van der Waals surface area (Å²) in [5.41, 5.74) is 3.45. The van der Waals surface area contributed by atoms with Crippen LogP contribution in [0.25, 0.3) is 0 Å². The Morgan fingerprint density at radius 3 is 2.89 bits per heavy atom. The topological polar surface area (TPSA) is 33.2 Å². The molecule has 0 aliphatic carbocycles. The van der Waals surface area contributed by atoms with E-state index in [1.54, 1.807) is 29.0 Å². The van der Waals surface area contributed by atoms with Crippen LogP contribution in [0.5, 0.6) is 0 Å². The fraction of sp³-hybridized carbons (Fsp3) is 0.231. The minimum atomic E-state index is -0.490. The van der Waals surface area contributed by atoms with Crippen molar-refractivity contribution in [1.82, 2.24) is 4.98 Å². The van der Waals surface area contributed by atoms with Gasteiger partial charge < -0.3 is 4.90 Å². The maximum Gasteiger partial charge on any atom is 0.155 e. The number of aldehydes is 1. The summed E-state index contributed by atoms with van der Waals surface area (Å²) in [5, 5.41) is 0. The Kier molecular flexibility index (Phi) is 3.72. The van der Waals surface area contributed by atoms with Crippen molar-refractivity contribution in [3.63, 3.8) is 0 Å². The average Bonchev–Trinajstić information content (AvgIpc) is 2.74. The first-order chi connectivity index (χ1) is 8.63. The van der Waals surface area contributed by atoms with Crippen molar-refractivity contribution in [2.45, 2.75) is 13.5 Å². The summed E-state index contributed by atoms with van der Waals surface area (Å²) < 4.78 is 13.5. The molecule has 0 spiro atoms. The van der Waals surface area contributed by atoms with E-state index in [4.69, 9.17) is 0 Å². The van der Waals surface area contributed by atoms with E-state index in [-0.39, 0.29) is 5.56 Å². The van der Waals surface area contributed by atoms with Crippen molar-refractivity contribution in [2.75, 3.05) is 11.9 Å². The summed E-state index contributed by atoms with van der Waals surface area (Å²) in [6.07, 6.45) is 0.556. The molecule has 1 aromatic heterocycles. The molecule has 5 heteroatoms. The highest BCUT2D eigenvalue weighted by molar-refractivity contribution is 7.09. The fourth-order valence-corrected chi connectivity index (χ4v) is 2.58. The van der Waals surface area contributed by atoms with Crippen LogP contribution in [0.4, 0.5) is 10.1 Å². The number of aryl methyl sites for hydroxylation is 1. The largest absolute Gasteiger partial charge is 0.369 e. The molecule has 0 fully saturated rings. The molecule has 0 N–H and O–H groups in total. The molecule has 0 aliphatic heterocycles. The molecular weight excluding hydrogens is 251 g/mol.